The smallest absolute Gasteiger partial charge is 0.337 e. The Bertz CT molecular complexity index is 934. The molecule has 0 unspecified atom stereocenters. The Morgan fingerprint density at radius 3 is 2.56 bits per heavy atom. The van der Waals surface area contributed by atoms with E-state index in [1.54, 1.807) is 32.4 Å². The molecule has 0 aliphatic carbocycles. The van der Waals surface area contributed by atoms with Gasteiger partial charge in [-0.2, -0.15) is 0 Å². The summed E-state index contributed by atoms with van der Waals surface area (Å²) >= 11 is 0. The van der Waals surface area contributed by atoms with Crippen LogP contribution in [0, 0.1) is 0 Å². The van der Waals surface area contributed by atoms with E-state index < -0.39 is 5.97 Å². The largest absolute Gasteiger partial charge is 0.493 e. The number of rotatable bonds is 5. The van der Waals surface area contributed by atoms with Gasteiger partial charge in [0.25, 0.3) is 0 Å². The second-order valence-electron chi connectivity index (χ2n) is 5.08. The van der Waals surface area contributed by atoms with E-state index >= 15 is 0 Å². The molecule has 1 aromatic heterocycles. The van der Waals surface area contributed by atoms with Gasteiger partial charge in [0.15, 0.2) is 11.5 Å². The molecule has 6 nitrogen and oxygen atoms in total. The Hall–Kier alpha value is -2.80. The molecule has 0 amide bonds. The topological polar surface area (TPSA) is 84.4 Å². The number of halogens is 1. The molecule has 0 atom stereocenters. The summed E-state index contributed by atoms with van der Waals surface area (Å²) in [5, 5.41) is 9.21. The van der Waals surface area contributed by atoms with Crippen molar-refractivity contribution in [3.8, 4) is 11.5 Å². The number of carbonyl (C=O) groups is 1. The molecule has 2 aromatic carbocycles. The third-order valence-electron chi connectivity index (χ3n) is 3.60. The number of hydrogen-bond acceptors (Lipinski definition) is 4. The summed E-state index contributed by atoms with van der Waals surface area (Å²) in [5.74, 6) is 0.873. The number of ether oxygens (including phenoxy) is 2. The van der Waals surface area contributed by atoms with E-state index in [2.05, 4.69) is 9.97 Å². The van der Waals surface area contributed by atoms with Crippen LogP contribution in [0.3, 0.4) is 0 Å². The van der Waals surface area contributed by atoms with Gasteiger partial charge in [0, 0.05) is 0 Å². The van der Waals surface area contributed by atoms with Gasteiger partial charge in [-0.05, 0) is 35.9 Å². The Balaban J connectivity index is 0.00000225. The number of nitrogens with one attached hydrogen (secondary N) is 1. The van der Waals surface area contributed by atoms with Crippen LogP contribution < -0.4 is 9.47 Å². The Morgan fingerprint density at radius 2 is 1.88 bits per heavy atom. The number of aromatic amines is 1. The number of aromatic nitrogens is 2. The standard InChI is InChI=1S/C18H16N2O4.BrH/c1-23-14-8-6-11(10-15(14)24-2)7-9-16-19-13-5-3-4-12(18(21)22)17(13)20-16;/h3-10H,1-2H3,(H,19,20)(H,21,22);1H/b9-7+;. The molecule has 0 aliphatic heterocycles. The quantitative estimate of drug-likeness (QED) is 0.670. The summed E-state index contributed by atoms with van der Waals surface area (Å²) in [4.78, 5) is 18.7. The SMILES string of the molecule is Br.COc1ccc(/C=C/c2nc3c(C(=O)O)cccc3[nH]2)cc1OC. The zero-order valence-electron chi connectivity index (χ0n) is 13.6. The molecular weight excluding hydrogens is 388 g/mol. The first-order valence-corrected chi connectivity index (χ1v) is 7.24. The van der Waals surface area contributed by atoms with Crippen molar-refractivity contribution < 1.29 is 19.4 Å². The maximum Gasteiger partial charge on any atom is 0.337 e. The molecule has 3 rings (SSSR count). The highest BCUT2D eigenvalue weighted by atomic mass is 79.9. The van der Waals surface area contributed by atoms with E-state index in [-0.39, 0.29) is 22.5 Å². The van der Waals surface area contributed by atoms with Gasteiger partial charge in [0.05, 0.1) is 25.3 Å². The minimum absolute atomic E-state index is 0. The zero-order valence-corrected chi connectivity index (χ0v) is 15.4. The van der Waals surface area contributed by atoms with Crippen LogP contribution in [0.5, 0.6) is 11.5 Å². The van der Waals surface area contributed by atoms with Crippen molar-refractivity contribution in [2.45, 2.75) is 0 Å². The number of hydrogen-bond donors (Lipinski definition) is 2. The monoisotopic (exact) mass is 404 g/mol. The molecule has 0 saturated heterocycles. The van der Waals surface area contributed by atoms with E-state index in [1.807, 2.05) is 24.3 Å². The number of para-hydroxylation sites is 1. The van der Waals surface area contributed by atoms with Crippen LogP contribution >= 0.6 is 17.0 Å². The highest BCUT2D eigenvalue weighted by molar-refractivity contribution is 8.93. The normalized spacial score (nSPS) is 10.6. The molecule has 2 N–H and O–H groups in total. The summed E-state index contributed by atoms with van der Waals surface area (Å²) in [6, 6.07) is 10.6. The van der Waals surface area contributed by atoms with Crippen LogP contribution in [-0.2, 0) is 0 Å². The van der Waals surface area contributed by atoms with E-state index in [4.69, 9.17) is 9.47 Å². The summed E-state index contributed by atoms with van der Waals surface area (Å²) in [5.41, 5.74) is 2.21. The van der Waals surface area contributed by atoms with Crippen LogP contribution in [0.15, 0.2) is 36.4 Å². The van der Waals surface area contributed by atoms with Gasteiger partial charge >= 0.3 is 5.97 Å². The van der Waals surface area contributed by atoms with E-state index in [1.165, 1.54) is 6.07 Å². The predicted octanol–water partition coefficient (Wildman–Crippen LogP) is 4.03. The number of H-pyrrole nitrogens is 1. The minimum Gasteiger partial charge on any atom is -0.493 e. The number of methoxy groups -OCH3 is 2. The molecule has 1 heterocycles. The van der Waals surface area contributed by atoms with Crippen molar-refractivity contribution in [1.29, 1.82) is 0 Å². The first kappa shape index (κ1) is 18.5. The molecule has 0 fully saturated rings. The number of benzene rings is 2. The molecule has 0 aliphatic rings. The van der Waals surface area contributed by atoms with E-state index in [0.717, 1.165) is 5.56 Å². The van der Waals surface area contributed by atoms with Crippen molar-refractivity contribution in [3.63, 3.8) is 0 Å². The average Bonchev–Trinajstić information content (AvgIpc) is 3.02. The molecular formula is C18H17BrN2O4. The first-order valence-electron chi connectivity index (χ1n) is 7.24. The first-order chi connectivity index (χ1) is 11.6. The van der Waals surface area contributed by atoms with Crippen molar-refractivity contribution in [1.82, 2.24) is 9.97 Å². The molecule has 0 bridgehead atoms. The van der Waals surface area contributed by atoms with Gasteiger partial charge in [-0.3, -0.25) is 0 Å². The van der Waals surface area contributed by atoms with Crippen molar-refractivity contribution >= 4 is 46.1 Å². The van der Waals surface area contributed by atoms with Crippen molar-refractivity contribution in [2.24, 2.45) is 0 Å². The predicted molar refractivity (Wildman–Crippen MR) is 102 cm³/mol. The average molecular weight is 405 g/mol. The Morgan fingerprint density at radius 1 is 1.12 bits per heavy atom. The van der Waals surface area contributed by atoms with Crippen LogP contribution in [-0.4, -0.2) is 35.3 Å². The van der Waals surface area contributed by atoms with Gasteiger partial charge in [0.1, 0.15) is 11.3 Å². The number of carboxylic acids is 1. The third kappa shape index (κ3) is 3.83. The minimum atomic E-state index is -0.998. The number of carboxylic acid groups (broad SMARTS) is 1. The van der Waals surface area contributed by atoms with Crippen molar-refractivity contribution in [2.75, 3.05) is 14.2 Å². The summed E-state index contributed by atoms with van der Waals surface area (Å²) < 4.78 is 10.5. The fourth-order valence-corrected chi connectivity index (χ4v) is 2.43. The fourth-order valence-electron chi connectivity index (χ4n) is 2.43. The van der Waals surface area contributed by atoms with Gasteiger partial charge in [-0.15, -0.1) is 17.0 Å². The zero-order chi connectivity index (χ0) is 17.1. The molecule has 3 aromatic rings. The van der Waals surface area contributed by atoms with Gasteiger partial charge in [-0.1, -0.05) is 18.2 Å². The maximum atomic E-state index is 11.2. The molecule has 130 valence electrons. The second-order valence-corrected chi connectivity index (χ2v) is 5.08. The second kappa shape index (κ2) is 7.85. The lowest BCUT2D eigenvalue weighted by Gasteiger charge is -2.07. The van der Waals surface area contributed by atoms with Crippen molar-refractivity contribution in [3.05, 3.63) is 53.3 Å². The number of imidazole rings is 1. The highest BCUT2D eigenvalue weighted by Gasteiger charge is 2.11. The van der Waals surface area contributed by atoms with Gasteiger partial charge < -0.3 is 19.6 Å². The lowest BCUT2D eigenvalue weighted by atomic mass is 10.2. The Kier molecular flexibility index (Phi) is 5.82. The van der Waals surface area contributed by atoms with Gasteiger partial charge in [0.2, 0.25) is 0 Å². The summed E-state index contributed by atoms with van der Waals surface area (Å²) in [7, 11) is 3.17. The van der Waals surface area contributed by atoms with Crippen LogP contribution in [0.4, 0.5) is 0 Å². The maximum absolute atomic E-state index is 11.2. The molecule has 7 heteroatoms. The van der Waals surface area contributed by atoms with E-state index in [9.17, 15) is 9.90 Å². The third-order valence-corrected chi connectivity index (χ3v) is 3.60. The fraction of sp³-hybridized carbons (Fsp3) is 0.111. The van der Waals surface area contributed by atoms with Crippen LogP contribution in [0.25, 0.3) is 23.2 Å². The molecule has 0 spiro atoms. The highest BCUT2D eigenvalue weighted by Crippen LogP contribution is 2.28. The lowest BCUT2D eigenvalue weighted by molar-refractivity contribution is 0.0699. The molecule has 25 heavy (non-hydrogen) atoms. The number of nitrogens with zero attached hydrogens (tertiary/aromatic N) is 1. The molecule has 0 radical (unpaired) electrons. The summed E-state index contributed by atoms with van der Waals surface area (Å²) in [6.45, 7) is 0. The summed E-state index contributed by atoms with van der Waals surface area (Å²) in [6.07, 6.45) is 3.65. The van der Waals surface area contributed by atoms with Crippen LogP contribution in [0.2, 0.25) is 0 Å². The van der Waals surface area contributed by atoms with E-state index in [0.29, 0.717) is 28.4 Å². The van der Waals surface area contributed by atoms with Gasteiger partial charge in [-0.25, -0.2) is 9.78 Å². The lowest BCUT2D eigenvalue weighted by Crippen LogP contribution is -1.96. The number of aromatic carboxylic acids is 1. The van der Waals surface area contributed by atoms with Crippen LogP contribution in [0.1, 0.15) is 21.7 Å². The number of fused-ring (bicyclic) bond motifs is 1. The Labute approximate surface area is 154 Å². The molecule has 0 saturated carbocycles.